The average Bonchev–Trinajstić information content (AvgIpc) is 3.00. The molecule has 0 radical (unpaired) electrons. The summed E-state index contributed by atoms with van der Waals surface area (Å²) in [6, 6.07) is 13.8. The number of para-hydroxylation sites is 1. The van der Waals surface area contributed by atoms with Crippen molar-refractivity contribution in [1.82, 2.24) is 0 Å². The van der Waals surface area contributed by atoms with E-state index in [-0.39, 0.29) is 15.8 Å². The molecule has 3 rings (SSSR count). The van der Waals surface area contributed by atoms with Gasteiger partial charge in [0.2, 0.25) is 0 Å². The number of hydrogen-bond acceptors (Lipinski definition) is 5. The maximum Gasteiger partial charge on any atom is 0.298 e. The third-order valence-corrected chi connectivity index (χ3v) is 5.35. The maximum absolute atomic E-state index is 12.7. The molecule has 0 N–H and O–H groups in total. The molecule has 1 fully saturated rings. The van der Waals surface area contributed by atoms with Gasteiger partial charge in [-0.3, -0.25) is 19.7 Å². The van der Waals surface area contributed by atoms with Crippen LogP contribution in [0.2, 0.25) is 0 Å². The first kappa shape index (κ1) is 20.5. The zero-order valence-corrected chi connectivity index (χ0v) is 16.7. The van der Waals surface area contributed by atoms with Crippen LogP contribution in [0.1, 0.15) is 30.9 Å². The molecule has 7 heteroatoms. The van der Waals surface area contributed by atoms with Crippen LogP contribution in [-0.2, 0) is 11.2 Å². The predicted octanol–water partition coefficient (Wildman–Crippen LogP) is 5.73. The zero-order valence-electron chi connectivity index (χ0n) is 15.9. The molecular weight excluding hydrogens is 388 g/mol. The van der Waals surface area contributed by atoms with Crippen molar-refractivity contribution in [3.05, 3.63) is 86.8 Å². The lowest BCUT2D eigenvalue weighted by molar-refractivity contribution is -0.385. The number of hydrogen-bond donors (Lipinski definition) is 0. The van der Waals surface area contributed by atoms with Crippen molar-refractivity contribution >= 4 is 40.4 Å². The highest BCUT2D eigenvalue weighted by molar-refractivity contribution is 8.18. The van der Waals surface area contributed by atoms with Crippen LogP contribution in [0, 0.1) is 10.1 Å². The second kappa shape index (κ2) is 9.34. The van der Waals surface area contributed by atoms with Gasteiger partial charge >= 0.3 is 0 Å². The van der Waals surface area contributed by atoms with E-state index in [0.717, 1.165) is 35.9 Å². The van der Waals surface area contributed by atoms with Gasteiger partial charge in [0.05, 0.1) is 21.1 Å². The Morgan fingerprint density at radius 3 is 2.52 bits per heavy atom. The summed E-state index contributed by atoms with van der Waals surface area (Å²) in [5, 5.41) is 10.7. The molecule has 1 aliphatic rings. The Kier molecular flexibility index (Phi) is 6.61. The van der Waals surface area contributed by atoms with Gasteiger partial charge in [0, 0.05) is 6.07 Å². The number of carbonyl (C=O) groups is 2. The molecule has 0 bridgehead atoms. The number of nitrogens with zero attached hydrogens (tertiary/aromatic N) is 2. The molecule has 1 aliphatic heterocycles. The van der Waals surface area contributed by atoms with Crippen molar-refractivity contribution in [1.29, 1.82) is 0 Å². The summed E-state index contributed by atoms with van der Waals surface area (Å²) in [7, 11) is 0. The number of unbranched alkanes of at least 4 members (excludes halogenated alkanes) is 1. The van der Waals surface area contributed by atoms with Crippen LogP contribution < -0.4 is 4.90 Å². The minimum absolute atomic E-state index is 0.0200. The van der Waals surface area contributed by atoms with Crippen molar-refractivity contribution < 1.29 is 14.5 Å². The number of carbonyl (C=O) groups excluding carboxylic acids is 2. The summed E-state index contributed by atoms with van der Waals surface area (Å²) in [5.41, 5.74) is 2.12. The zero-order chi connectivity index (χ0) is 20.8. The van der Waals surface area contributed by atoms with E-state index in [4.69, 9.17) is 0 Å². The van der Waals surface area contributed by atoms with Gasteiger partial charge in [-0.05, 0) is 60.5 Å². The number of thioether (sulfide) groups is 1. The van der Waals surface area contributed by atoms with Gasteiger partial charge < -0.3 is 0 Å². The van der Waals surface area contributed by atoms with Crippen LogP contribution in [0.25, 0.3) is 6.08 Å². The number of rotatable bonds is 7. The molecule has 2 aromatic carbocycles. The number of anilines is 1. The van der Waals surface area contributed by atoms with E-state index in [2.05, 4.69) is 6.92 Å². The fourth-order valence-electron chi connectivity index (χ4n) is 2.93. The summed E-state index contributed by atoms with van der Waals surface area (Å²) in [5.74, 6) is -0.395. The van der Waals surface area contributed by atoms with E-state index in [1.807, 2.05) is 12.1 Å². The minimum atomic E-state index is -0.461. The Morgan fingerprint density at radius 2 is 1.83 bits per heavy atom. The van der Waals surface area contributed by atoms with Gasteiger partial charge in [-0.2, -0.15) is 0 Å². The monoisotopic (exact) mass is 408 g/mol. The Balaban J connectivity index is 1.76. The largest absolute Gasteiger partial charge is 0.298 e. The second-order valence-electron chi connectivity index (χ2n) is 6.48. The molecule has 0 aromatic heterocycles. The summed E-state index contributed by atoms with van der Waals surface area (Å²) in [6.45, 7) is 2.13. The number of imide groups is 1. The van der Waals surface area contributed by atoms with E-state index >= 15 is 0 Å². The van der Waals surface area contributed by atoms with Crippen LogP contribution in [0.15, 0.2) is 65.6 Å². The topological polar surface area (TPSA) is 80.5 Å². The highest BCUT2D eigenvalue weighted by Gasteiger charge is 2.35. The molecule has 0 saturated carbocycles. The molecule has 29 heavy (non-hydrogen) atoms. The molecule has 6 nitrogen and oxygen atoms in total. The first-order chi connectivity index (χ1) is 14.0. The molecule has 1 saturated heterocycles. The van der Waals surface area contributed by atoms with Crippen molar-refractivity contribution in [2.45, 2.75) is 26.2 Å². The molecule has 0 spiro atoms. The van der Waals surface area contributed by atoms with E-state index in [1.165, 1.54) is 17.7 Å². The van der Waals surface area contributed by atoms with Gasteiger partial charge in [-0.25, -0.2) is 4.90 Å². The second-order valence-corrected chi connectivity index (χ2v) is 7.48. The maximum atomic E-state index is 12.7. The van der Waals surface area contributed by atoms with Crippen LogP contribution in [0.5, 0.6) is 0 Å². The van der Waals surface area contributed by atoms with Crippen LogP contribution in [-0.4, -0.2) is 16.1 Å². The number of benzene rings is 2. The average molecular weight is 408 g/mol. The van der Waals surface area contributed by atoms with Crippen molar-refractivity contribution in [2.24, 2.45) is 0 Å². The van der Waals surface area contributed by atoms with Gasteiger partial charge in [0.1, 0.15) is 0 Å². The van der Waals surface area contributed by atoms with Crippen molar-refractivity contribution in [3.8, 4) is 0 Å². The van der Waals surface area contributed by atoms with Crippen LogP contribution in [0.3, 0.4) is 0 Å². The van der Waals surface area contributed by atoms with E-state index in [9.17, 15) is 19.7 Å². The van der Waals surface area contributed by atoms with E-state index in [0.29, 0.717) is 11.3 Å². The molecule has 148 valence electrons. The molecule has 2 aromatic rings. The summed E-state index contributed by atoms with van der Waals surface area (Å²) < 4.78 is 0. The SMILES string of the molecule is CCCCc1ccc(N2C(=O)S/C(=C\C=C\c3ccccc3[N+](=O)[O-])C2=O)cc1. The summed E-state index contributed by atoms with van der Waals surface area (Å²) in [4.78, 5) is 37.0. The lowest BCUT2D eigenvalue weighted by Crippen LogP contribution is -2.27. The predicted molar refractivity (Wildman–Crippen MR) is 116 cm³/mol. The quantitative estimate of drug-likeness (QED) is 0.332. The number of aryl methyl sites for hydroxylation is 1. The smallest absolute Gasteiger partial charge is 0.268 e. The highest BCUT2D eigenvalue weighted by atomic mass is 32.2. The Bertz CT molecular complexity index is 996. The van der Waals surface area contributed by atoms with Gasteiger partial charge in [-0.1, -0.05) is 43.7 Å². The van der Waals surface area contributed by atoms with Crippen molar-refractivity contribution in [3.63, 3.8) is 0 Å². The third-order valence-electron chi connectivity index (χ3n) is 4.46. The minimum Gasteiger partial charge on any atom is -0.268 e. The molecular formula is C22H20N2O4S. The van der Waals surface area contributed by atoms with E-state index < -0.39 is 10.8 Å². The fraction of sp³-hybridized carbons (Fsp3) is 0.182. The fourth-order valence-corrected chi connectivity index (χ4v) is 3.72. The first-order valence-corrected chi connectivity index (χ1v) is 10.1. The molecule has 1 heterocycles. The number of allylic oxidation sites excluding steroid dienone is 2. The standard InChI is InChI=1S/C22H20N2O4S/c1-2-3-7-16-12-14-18(15-13-16)23-21(25)20(29-22(23)26)11-6-9-17-8-4-5-10-19(17)24(27)28/h4-6,8-15H,2-3,7H2,1H3/b9-6+,20-11-. The Labute approximate surface area is 173 Å². The summed E-state index contributed by atoms with van der Waals surface area (Å²) >= 11 is 0.854. The van der Waals surface area contributed by atoms with E-state index in [1.54, 1.807) is 42.5 Å². The Morgan fingerprint density at radius 1 is 1.10 bits per heavy atom. The number of nitro groups is 1. The number of amides is 2. The van der Waals surface area contributed by atoms with Gasteiger partial charge in [-0.15, -0.1) is 0 Å². The van der Waals surface area contributed by atoms with Gasteiger partial charge in [0.15, 0.2) is 0 Å². The lowest BCUT2D eigenvalue weighted by atomic mass is 10.1. The lowest BCUT2D eigenvalue weighted by Gasteiger charge is -2.13. The van der Waals surface area contributed by atoms with Crippen molar-refractivity contribution in [2.75, 3.05) is 4.90 Å². The molecule has 0 aliphatic carbocycles. The number of nitro benzene ring substituents is 1. The molecule has 0 atom stereocenters. The molecule has 0 unspecified atom stereocenters. The normalized spacial score (nSPS) is 15.6. The third kappa shape index (κ3) is 4.81. The van der Waals surface area contributed by atoms with Crippen LogP contribution >= 0.6 is 11.8 Å². The van der Waals surface area contributed by atoms with Gasteiger partial charge in [0.25, 0.3) is 16.8 Å². The van der Waals surface area contributed by atoms with Crippen LogP contribution in [0.4, 0.5) is 16.2 Å². The Hall–Kier alpha value is -3.19. The first-order valence-electron chi connectivity index (χ1n) is 9.28. The summed E-state index contributed by atoms with van der Waals surface area (Å²) in [6.07, 6.45) is 7.78. The molecule has 2 amide bonds. The highest BCUT2D eigenvalue weighted by Crippen LogP contribution is 2.34.